The van der Waals surface area contributed by atoms with Crippen molar-refractivity contribution in [1.29, 1.82) is 0 Å². The van der Waals surface area contributed by atoms with Crippen molar-refractivity contribution in [2.75, 3.05) is 18.5 Å². The van der Waals surface area contributed by atoms with Crippen LogP contribution in [0.1, 0.15) is 17.2 Å². The van der Waals surface area contributed by atoms with E-state index in [1.807, 2.05) is 24.3 Å². The molecule has 2 aliphatic rings. The van der Waals surface area contributed by atoms with Crippen LogP contribution in [0.25, 0.3) is 0 Å². The molecule has 2 aromatic carbocycles. The van der Waals surface area contributed by atoms with Crippen LogP contribution in [-0.2, 0) is 6.42 Å². The third-order valence-electron chi connectivity index (χ3n) is 3.72. The lowest BCUT2D eigenvalue weighted by Gasteiger charge is -2.27. The van der Waals surface area contributed by atoms with Crippen LogP contribution in [0.3, 0.4) is 0 Å². The lowest BCUT2D eigenvalue weighted by Crippen LogP contribution is -2.21. The highest BCUT2D eigenvalue weighted by atomic mass is 16.6. The predicted molar refractivity (Wildman–Crippen MR) is 73.9 cm³/mol. The average Bonchev–Trinajstić information content (AvgIpc) is 2.94. The van der Waals surface area contributed by atoms with Gasteiger partial charge in [0.05, 0.1) is 0 Å². The first-order valence-electron chi connectivity index (χ1n) is 6.65. The molecule has 0 aromatic heterocycles. The number of rotatable bonds is 1. The molecular weight excluding hydrogens is 238 g/mol. The molecular formula is C16H15NO2. The third-order valence-corrected chi connectivity index (χ3v) is 3.72. The molecule has 0 spiro atoms. The van der Waals surface area contributed by atoms with Gasteiger partial charge in [-0.25, -0.2) is 0 Å². The van der Waals surface area contributed by atoms with Crippen molar-refractivity contribution >= 4 is 5.69 Å². The van der Waals surface area contributed by atoms with Gasteiger partial charge in [-0.3, -0.25) is 0 Å². The van der Waals surface area contributed by atoms with E-state index in [1.165, 1.54) is 16.8 Å². The van der Waals surface area contributed by atoms with E-state index in [9.17, 15) is 0 Å². The largest absolute Gasteiger partial charge is 0.485 e. The van der Waals surface area contributed by atoms with Gasteiger partial charge >= 0.3 is 0 Å². The molecule has 2 heterocycles. The molecule has 0 fully saturated rings. The van der Waals surface area contributed by atoms with Gasteiger partial charge in [-0.1, -0.05) is 18.2 Å². The first kappa shape index (κ1) is 10.7. The number of ether oxygens (including phenoxy) is 2. The summed E-state index contributed by atoms with van der Waals surface area (Å²) >= 11 is 0. The Kier molecular flexibility index (Phi) is 2.37. The van der Waals surface area contributed by atoms with Crippen LogP contribution in [0, 0.1) is 0 Å². The minimum Gasteiger partial charge on any atom is -0.485 e. The topological polar surface area (TPSA) is 30.5 Å². The van der Waals surface area contributed by atoms with Gasteiger partial charge in [0.25, 0.3) is 0 Å². The summed E-state index contributed by atoms with van der Waals surface area (Å²) in [5.74, 6) is 1.67. The normalized spacial score (nSPS) is 19.7. The second-order valence-electron chi connectivity index (χ2n) is 4.96. The molecule has 19 heavy (non-hydrogen) atoms. The third kappa shape index (κ3) is 1.82. The number of hydrogen-bond acceptors (Lipinski definition) is 3. The molecule has 0 saturated carbocycles. The minimum atomic E-state index is -0.0131. The van der Waals surface area contributed by atoms with Crippen LogP contribution >= 0.6 is 0 Å². The Morgan fingerprint density at radius 1 is 1.05 bits per heavy atom. The summed E-state index contributed by atoms with van der Waals surface area (Å²) in [5, 5.41) is 3.37. The molecule has 0 amide bonds. The second-order valence-corrected chi connectivity index (χ2v) is 4.96. The van der Waals surface area contributed by atoms with Gasteiger partial charge in [0.2, 0.25) is 0 Å². The van der Waals surface area contributed by atoms with Crippen LogP contribution in [-0.4, -0.2) is 13.2 Å². The smallest absolute Gasteiger partial charge is 0.162 e. The summed E-state index contributed by atoms with van der Waals surface area (Å²) in [4.78, 5) is 0. The van der Waals surface area contributed by atoms with Crippen molar-refractivity contribution < 1.29 is 9.47 Å². The lowest BCUT2D eigenvalue weighted by atomic mass is 10.0. The van der Waals surface area contributed by atoms with Gasteiger partial charge in [0, 0.05) is 12.2 Å². The Morgan fingerprint density at radius 2 is 1.95 bits per heavy atom. The first-order valence-corrected chi connectivity index (χ1v) is 6.65. The maximum Gasteiger partial charge on any atom is 0.162 e. The number of para-hydroxylation sites is 2. The molecule has 0 radical (unpaired) electrons. The summed E-state index contributed by atoms with van der Waals surface area (Å²) in [7, 11) is 0. The van der Waals surface area contributed by atoms with Crippen LogP contribution in [0.4, 0.5) is 5.69 Å². The van der Waals surface area contributed by atoms with E-state index in [2.05, 4.69) is 23.5 Å². The summed E-state index contributed by atoms with van der Waals surface area (Å²) in [6.07, 6.45) is 1.08. The van der Waals surface area contributed by atoms with Crippen LogP contribution in [0.5, 0.6) is 11.5 Å². The van der Waals surface area contributed by atoms with Crippen LogP contribution in [0.15, 0.2) is 42.5 Å². The number of anilines is 1. The standard InChI is InChI=1S/C16H15NO2/c1-2-4-15-14(3-1)18-10-16(19-15)12-5-6-13-11(9-12)7-8-17-13/h1-6,9,16-17H,7-8,10H2. The molecule has 96 valence electrons. The zero-order valence-electron chi connectivity index (χ0n) is 10.6. The summed E-state index contributed by atoms with van der Waals surface area (Å²) in [6, 6.07) is 14.3. The zero-order chi connectivity index (χ0) is 12.7. The molecule has 3 heteroatoms. The molecule has 1 N–H and O–H groups in total. The van der Waals surface area contributed by atoms with E-state index >= 15 is 0 Å². The highest BCUT2D eigenvalue weighted by Gasteiger charge is 2.23. The van der Waals surface area contributed by atoms with Crippen molar-refractivity contribution in [3.63, 3.8) is 0 Å². The average molecular weight is 253 g/mol. The quantitative estimate of drug-likeness (QED) is 0.846. The number of nitrogens with one attached hydrogen (secondary N) is 1. The maximum atomic E-state index is 6.03. The van der Waals surface area contributed by atoms with Crippen molar-refractivity contribution in [2.24, 2.45) is 0 Å². The predicted octanol–water partition coefficient (Wildman–Crippen LogP) is 3.17. The second kappa shape index (κ2) is 4.19. The molecule has 2 aliphatic heterocycles. The zero-order valence-corrected chi connectivity index (χ0v) is 10.6. The van der Waals surface area contributed by atoms with Gasteiger partial charge < -0.3 is 14.8 Å². The molecule has 1 unspecified atom stereocenters. The van der Waals surface area contributed by atoms with E-state index in [0.29, 0.717) is 6.61 Å². The Balaban J connectivity index is 1.64. The molecule has 3 nitrogen and oxygen atoms in total. The van der Waals surface area contributed by atoms with Crippen molar-refractivity contribution in [3.8, 4) is 11.5 Å². The number of benzene rings is 2. The van der Waals surface area contributed by atoms with Crippen molar-refractivity contribution in [2.45, 2.75) is 12.5 Å². The molecule has 0 aliphatic carbocycles. The number of fused-ring (bicyclic) bond motifs is 2. The molecule has 4 rings (SSSR count). The fraction of sp³-hybridized carbons (Fsp3) is 0.250. The van der Waals surface area contributed by atoms with E-state index in [4.69, 9.17) is 9.47 Å². The Labute approximate surface area is 112 Å². The fourth-order valence-corrected chi connectivity index (χ4v) is 2.71. The SMILES string of the molecule is c1ccc2c(c1)OCC(c1ccc3c(c1)CCN3)O2. The highest BCUT2D eigenvalue weighted by molar-refractivity contribution is 5.57. The van der Waals surface area contributed by atoms with Crippen molar-refractivity contribution in [3.05, 3.63) is 53.6 Å². The molecule has 2 aromatic rings. The van der Waals surface area contributed by atoms with Crippen LogP contribution < -0.4 is 14.8 Å². The van der Waals surface area contributed by atoms with E-state index in [-0.39, 0.29) is 6.10 Å². The summed E-state index contributed by atoms with van der Waals surface area (Å²) < 4.78 is 11.8. The Morgan fingerprint density at radius 3 is 2.89 bits per heavy atom. The van der Waals surface area contributed by atoms with Crippen LogP contribution in [0.2, 0.25) is 0 Å². The minimum absolute atomic E-state index is 0.0131. The Hall–Kier alpha value is -2.16. The van der Waals surface area contributed by atoms with Gasteiger partial charge in [-0.2, -0.15) is 0 Å². The molecule has 0 bridgehead atoms. The van der Waals surface area contributed by atoms with Gasteiger partial charge in [0.15, 0.2) is 17.6 Å². The maximum absolute atomic E-state index is 6.03. The molecule has 1 atom stereocenters. The van der Waals surface area contributed by atoms with E-state index < -0.39 is 0 Å². The van der Waals surface area contributed by atoms with E-state index in [0.717, 1.165) is 24.5 Å². The fourth-order valence-electron chi connectivity index (χ4n) is 2.71. The first-order chi connectivity index (χ1) is 9.40. The van der Waals surface area contributed by atoms with E-state index in [1.54, 1.807) is 0 Å². The number of hydrogen-bond donors (Lipinski definition) is 1. The van der Waals surface area contributed by atoms with Gasteiger partial charge in [-0.15, -0.1) is 0 Å². The summed E-state index contributed by atoms with van der Waals surface area (Å²) in [6.45, 7) is 1.60. The monoisotopic (exact) mass is 253 g/mol. The summed E-state index contributed by atoms with van der Waals surface area (Å²) in [5.41, 5.74) is 3.82. The molecule has 0 saturated heterocycles. The lowest BCUT2D eigenvalue weighted by molar-refractivity contribution is 0.0913. The van der Waals surface area contributed by atoms with Crippen molar-refractivity contribution in [1.82, 2.24) is 0 Å². The Bertz CT molecular complexity index is 624. The van der Waals surface area contributed by atoms with Gasteiger partial charge in [0.1, 0.15) is 6.61 Å². The highest BCUT2D eigenvalue weighted by Crippen LogP contribution is 2.36. The van der Waals surface area contributed by atoms with Gasteiger partial charge in [-0.05, 0) is 41.8 Å².